The number of rotatable bonds is 5. The van der Waals surface area contributed by atoms with Crippen molar-refractivity contribution >= 4 is 23.2 Å². The second-order valence-electron chi connectivity index (χ2n) is 2.65. The minimum absolute atomic E-state index is 0.264. The summed E-state index contributed by atoms with van der Waals surface area (Å²) in [6, 6.07) is 0. The lowest BCUT2D eigenvalue weighted by Gasteiger charge is -1.99. The summed E-state index contributed by atoms with van der Waals surface area (Å²) in [5.41, 5.74) is 2.56. The highest BCUT2D eigenvalue weighted by Crippen LogP contribution is 2.03. The van der Waals surface area contributed by atoms with Gasteiger partial charge in [-0.3, -0.25) is 9.59 Å². The lowest BCUT2D eigenvalue weighted by Crippen LogP contribution is -2.29. The third-order valence-corrected chi connectivity index (χ3v) is 2.16. The molecule has 14 heavy (non-hydrogen) atoms. The monoisotopic (exact) mass is 214 g/mol. The van der Waals surface area contributed by atoms with E-state index in [1.165, 1.54) is 11.3 Å². The van der Waals surface area contributed by atoms with Gasteiger partial charge in [0.1, 0.15) is 6.54 Å². The molecule has 0 aromatic carbocycles. The molecule has 0 radical (unpaired) electrons. The SMILES string of the molecule is O=C(O)CNC(=O)CCc1cscn1. The third kappa shape index (κ3) is 3.99. The van der Waals surface area contributed by atoms with Crippen LogP contribution >= 0.6 is 11.3 Å². The molecule has 1 aromatic heterocycles. The molecule has 0 atom stereocenters. The van der Waals surface area contributed by atoms with Crippen LogP contribution in [0.1, 0.15) is 12.1 Å². The fraction of sp³-hybridized carbons (Fsp3) is 0.375. The number of aromatic nitrogens is 1. The number of amides is 1. The van der Waals surface area contributed by atoms with Gasteiger partial charge in [-0.05, 0) is 6.42 Å². The highest BCUT2D eigenvalue weighted by Gasteiger charge is 2.04. The number of hydrogen-bond donors (Lipinski definition) is 2. The lowest BCUT2D eigenvalue weighted by molar-refractivity contribution is -0.137. The first kappa shape index (κ1) is 10.6. The number of nitrogens with one attached hydrogen (secondary N) is 1. The van der Waals surface area contributed by atoms with Gasteiger partial charge in [0, 0.05) is 11.8 Å². The topological polar surface area (TPSA) is 79.3 Å². The first-order valence-electron chi connectivity index (χ1n) is 4.04. The Hall–Kier alpha value is -1.43. The van der Waals surface area contributed by atoms with Crippen LogP contribution in [0, 0.1) is 0 Å². The van der Waals surface area contributed by atoms with E-state index in [1.54, 1.807) is 5.51 Å². The summed E-state index contributed by atoms with van der Waals surface area (Å²) in [5.74, 6) is -1.30. The van der Waals surface area contributed by atoms with Crippen LogP contribution in [0.4, 0.5) is 0 Å². The molecular weight excluding hydrogens is 204 g/mol. The highest BCUT2D eigenvalue weighted by molar-refractivity contribution is 7.07. The molecule has 0 saturated heterocycles. The Morgan fingerprint density at radius 1 is 1.57 bits per heavy atom. The number of aryl methyl sites for hydroxylation is 1. The minimum atomic E-state index is -1.04. The van der Waals surface area contributed by atoms with Crippen molar-refractivity contribution in [2.75, 3.05) is 6.54 Å². The van der Waals surface area contributed by atoms with E-state index < -0.39 is 5.97 Å². The number of carboxylic acid groups (broad SMARTS) is 1. The molecule has 0 unspecified atom stereocenters. The molecule has 0 saturated carbocycles. The maximum atomic E-state index is 11.0. The highest BCUT2D eigenvalue weighted by atomic mass is 32.1. The molecule has 0 aliphatic carbocycles. The summed E-state index contributed by atoms with van der Waals surface area (Å²) in [6.45, 7) is -0.324. The molecule has 0 aliphatic heterocycles. The number of carboxylic acids is 1. The summed E-state index contributed by atoms with van der Waals surface area (Å²) in [6.07, 6.45) is 0.825. The van der Waals surface area contributed by atoms with Gasteiger partial charge in [0.05, 0.1) is 11.2 Å². The van der Waals surface area contributed by atoms with Gasteiger partial charge < -0.3 is 10.4 Å². The minimum Gasteiger partial charge on any atom is -0.480 e. The van der Waals surface area contributed by atoms with Crippen LogP contribution in [0.2, 0.25) is 0 Å². The molecule has 1 rings (SSSR count). The van der Waals surface area contributed by atoms with Gasteiger partial charge in [0.25, 0.3) is 0 Å². The van der Waals surface area contributed by atoms with Gasteiger partial charge in [0.15, 0.2) is 0 Å². The van der Waals surface area contributed by atoms with E-state index in [0.717, 1.165) is 5.69 Å². The van der Waals surface area contributed by atoms with Crippen molar-refractivity contribution in [1.82, 2.24) is 10.3 Å². The van der Waals surface area contributed by atoms with Crippen LogP contribution in [0.5, 0.6) is 0 Å². The average molecular weight is 214 g/mol. The molecule has 6 heteroatoms. The van der Waals surface area contributed by atoms with Crippen LogP contribution in [0.25, 0.3) is 0 Å². The Labute approximate surface area is 84.8 Å². The average Bonchev–Trinajstić information content (AvgIpc) is 2.63. The Morgan fingerprint density at radius 3 is 2.93 bits per heavy atom. The first-order chi connectivity index (χ1) is 6.68. The predicted octanol–water partition coefficient (Wildman–Crippen LogP) is 0.277. The zero-order valence-corrected chi connectivity index (χ0v) is 8.21. The smallest absolute Gasteiger partial charge is 0.322 e. The molecule has 0 aliphatic rings. The van der Waals surface area contributed by atoms with Crippen LogP contribution in [-0.4, -0.2) is 28.5 Å². The number of aliphatic carboxylic acids is 1. The Balaban J connectivity index is 2.18. The normalized spacial score (nSPS) is 9.71. The molecule has 0 fully saturated rings. The molecule has 5 nitrogen and oxygen atoms in total. The fourth-order valence-electron chi connectivity index (χ4n) is 0.865. The maximum Gasteiger partial charge on any atom is 0.322 e. The Morgan fingerprint density at radius 2 is 2.36 bits per heavy atom. The molecule has 1 heterocycles. The van der Waals surface area contributed by atoms with E-state index in [1.807, 2.05) is 5.38 Å². The molecule has 0 spiro atoms. The molecule has 76 valence electrons. The number of carbonyl (C=O) groups excluding carboxylic acids is 1. The van der Waals surface area contributed by atoms with Gasteiger partial charge in [-0.2, -0.15) is 0 Å². The Bertz CT molecular complexity index is 310. The molecule has 1 amide bonds. The van der Waals surface area contributed by atoms with Crippen molar-refractivity contribution < 1.29 is 14.7 Å². The fourth-order valence-corrected chi connectivity index (χ4v) is 1.46. The van der Waals surface area contributed by atoms with Crippen molar-refractivity contribution in [2.45, 2.75) is 12.8 Å². The zero-order chi connectivity index (χ0) is 10.4. The lowest BCUT2D eigenvalue weighted by atomic mass is 10.2. The number of carbonyl (C=O) groups is 2. The van der Waals surface area contributed by atoms with Crippen molar-refractivity contribution in [3.63, 3.8) is 0 Å². The summed E-state index contributed by atoms with van der Waals surface area (Å²) in [5, 5.41) is 12.4. The second-order valence-corrected chi connectivity index (χ2v) is 3.37. The van der Waals surface area contributed by atoms with Gasteiger partial charge >= 0.3 is 5.97 Å². The van der Waals surface area contributed by atoms with Crippen molar-refractivity contribution in [1.29, 1.82) is 0 Å². The number of thiazole rings is 1. The van der Waals surface area contributed by atoms with Crippen molar-refractivity contribution in [3.8, 4) is 0 Å². The molecular formula is C8H10N2O3S. The standard InChI is InChI=1S/C8H10N2O3S/c11-7(9-3-8(12)13)2-1-6-4-14-5-10-6/h4-5H,1-3H2,(H,9,11)(H,12,13). The van der Waals surface area contributed by atoms with E-state index in [4.69, 9.17) is 5.11 Å². The summed E-state index contributed by atoms with van der Waals surface area (Å²) >= 11 is 1.47. The number of hydrogen-bond acceptors (Lipinski definition) is 4. The van der Waals surface area contributed by atoms with Crippen molar-refractivity contribution in [2.24, 2.45) is 0 Å². The summed E-state index contributed by atoms with van der Waals surface area (Å²) in [4.78, 5) is 25.2. The number of nitrogens with zero attached hydrogens (tertiary/aromatic N) is 1. The molecule has 1 aromatic rings. The maximum absolute atomic E-state index is 11.0. The van der Waals surface area contributed by atoms with Gasteiger partial charge in [-0.1, -0.05) is 0 Å². The summed E-state index contributed by atoms with van der Waals surface area (Å²) < 4.78 is 0. The summed E-state index contributed by atoms with van der Waals surface area (Å²) in [7, 11) is 0. The zero-order valence-electron chi connectivity index (χ0n) is 7.40. The van der Waals surface area contributed by atoms with Crippen molar-refractivity contribution in [3.05, 3.63) is 16.6 Å². The van der Waals surface area contributed by atoms with Crippen LogP contribution < -0.4 is 5.32 Å². The van der Waals surface area contributed by atoms with Gasteiger partial charge in [0.2, 0.25) is 5.91 Å². The third-order valence-electron chi connectivity index (χ3n) is 1.53. The van der Waals surface area contributed by atoms with Crippen LogP contribution in [0.3, 0.4) is 0 Å². The van der Waals surface area contributed by atoms with E-state index in [-0.39, 0.29) is 18.9 Å². The largest absolute Gasteiger partial charge is 0.480 e. The van der Waals surface area contributed by atoms with Crippen LogP contribution in [0.15, 0.2) is 10.9 Å². The van der Waals surface area contributed by atoms with E-state index in [2.05, 4.69) is 10.3 Å². The van der Waals surface area contributed by atoms with E-state index >= 15 is 0 Å². The van der Waals surface area contributed by atoms with E-state index in [9.17, 15) is 9.59 Å². The van der Waals surface area contributed by atoms with Gasteiger partial charge in [-0.15, -0.1) is 11.3 Å². The second kappa shape index (κ2) is 5.33. The molecule has 2 N–H and O–H groups in total. The Kier molecular flexibility index (Phi) is 4.06. The van der Waals surface area contributed by atoms with Gasteiger partial charge in [-0.25, -0.2) is 4.98 Å². The predicted molar refractivity (Wildman–Crippen MR) is 51.1 cm³/mol. The van der Waals surface area contributed by atoms with E-state index in [0.29, 0.717) is 6.42 Å². The van der Waals surface area contributed by atoms with Crippen LogP contribution in [-0.2, 0) is 16.0 Å². The quantitative estimate of drug-likeness (QED) is 0.737. The first-order valence-corrected chi connectivity index (χ1v) is 4.98. The molecule has 0 bridgehead atoms.